The number of cyclic esters (lactones) is 1. The largest absolute Gasteiger partial charge is 0.452 e. The average molecular weight is 527 g/mol. The Hall–Kier alpha value is -4.66. The first-order valence-electron chi connectivity index (χ1n) is 13.0. The molecule has 1 fully saturated rings. The predicted molar refractivity (Wildman–Crippen MR) is 146 cm³/mol. The number of hydrogen-bond donors (Lipinski definition) is 3. The molecule has 2 heterocycles. The maximum Gasteiger partial charge on any atom is 0.306 e. The number of hydrogen-bond acceptors (Lipinski definition) is 6. The van der Waals surface area contributed by atoms with Crippen LogP contribution in [0.2, 0.25) is 0 Å². The van der Waals surface area contributed by atoms with Crippen LogP contribution in [0.5, 0.6) is 0 Å². The van der Waals surface area contributed by atoms with Gasteiger partial charge in [-0.05, 0) is 29.7 Å². The lowest BCUT2D eigenvalue weighted by Gasteiger charge is -2.29. The Kier molecular flexibility index (Phi) is 7.86. The molecule has 9 heteroatoms. The number of benzene rings is 3. The van der Waals surface area contributed by atoms with E-state index in [2.05, 4.69) is 16.0 Å². The number of rotatable bonds is 8. The van der Waals surface area contributed by atoms with Crippen molar-refractivity contribution in [1.29, 1.82) is 0 Å². The van der Waals surface area contributed by atoms with Gasteiger partial charge in [-0.3, -0.25) is 24.1 Å². The molecule has 0 spiro atoms. The minimum atomic E-state index is -1.07. The lowest BCUT2D eigenvalue weighted by atomic mass is 9.98. The summed E-state index contributed by atoms with van der Waals surface area (Å²) in [5.74, 6) is -1.75. The first-order valence-corrected chi connectivity index (χ1v) is 13.0. The Morgan fingerprint density at radius 3 is 2.33 bits per heavy atom. The van der Waals surface area contributed by atoms with Crippen LogP contribution >= 0.6 is 0 Å². The number of nitrogens with zero attached hydrogens (tertiary/aromatic N) is 1. The van der Waals surface area contributed by atoms with Gasteiger partial charge in [0.25, 0.3) is 11.8 Å². The van der Waals surface area contributed by atoms with Crippen molar-refractivity contribution in [3.05, 3.63) is 96.1 Å². The Morgan fingerprint density at radius 2 is 1.62 bits per heavy atom. The zero-order chi connectivity index (χ0) is 27.2. The number of fused-ring (bicyclic) bond motifs is 1. The van der Waals surface area contributed by atoms with Gasteiger partial charge in [0.05, 0.1) is 17.4 Å². The summed E-state index contributed by atoms with van der Waals surface area (Å²) in [5, 5.41) is 9.13. The predicted octanol–water partition coefficient (Wildman–Crippen LogP) is 2.74. The minimum Gasteiger partial charge on any atom is -0.452 e. The molecule has 2 aliphatic rings. The Labute approximate surface area is 226 Å². The van der Waals surface area contributed by atoms with Gasteiger partial charge >= 0.3 is 5.97 Å². The van der Waals surface area contributed by atoms with Crippen molar-refractivity contribution in [3.8, 4) is 0 Å². The van der Waals surface area contributed by atoms with Gasteiger partial charge < -0.3 is 20.7 Å². The maximum atomic E-state index is 14.1. The summed E-state index contributed by atoms with van der Waals surface area (Å²) >= 11 is 0. The third-order valence-corrected chi connectivity index (χ3v) is 6.88. The first kappa shape index (κ1) is 26.0. The second-order valence-corrected chi connectivity index (χ2v) is 9.56. The molecule has 0 bridgehead atoms. The minimum absolute atomic E-state index is 0.151. The summed E-state index contributed by atoms with van der Waals surface area (Å²) < 4.78 is 5.15. The average Bonchev–Trinajstić information content (AvgIpc) is 3.36. The highest BCUT2D eigenvalue weighted by Crippen LogP contribution is 2.35. The number of amides is 3. The molecule has 39 heavy (non-hydrogen) atoms. The zero-order valence-electron chi connectivity index (χ0n) is 21.3. The van der Waals surface area contributed by atoms with Crippen LogP contribution in [-0.2, 0) is 30.3 Å². The van der Waals surface area contributed by atoms with Crippen LogP contribution in [0.4, 0.5) is 11.4 Å². The molecule has 3 N–H and O–H groups in total. The van der Waals surface area contributed by atoms with E-state index in [1.165, 1.54) is 4.90 Å². The number of anilines is 2. The molecule has 200 valence electrons. The van der Waals surface area contributed by atoms with Crippen molar-refractivity contribution in [2.45, 2.75) is 37.5 Å². The van der Waals surface area contributed by atoms with Crippen molar-refractivity contribution in [2.24, 2.45) is 0 Å². The SMILES string of the molecule is O=C(CN1C(=O)[C@H](NC(=O)[C@@H]2CCC(=O)O2)[C@H](c2ccccc2)Nc2ccccc21)NCCc1ccccc1. The van der Waals surface area contributed by atoms with E-state index in [-0.39, 0.29) is 25.3 Å². The molecule has 0 unspecified atom stereocenters. The Balaban J connectivity index is 1.40. The molecule has 3 amide bonds. The summed E-state index contributed by atoms with van der Waals surface area (Å²) in [6.07, 6.45) is 0.107. The standard InChI is InChI=1S/C30H30N4O5/c35-25(31-18-17-20-9-3-1-4-10-20)19-34-23-14-8-7-13-22(23)32-27(21-11-5-2-6-12-21)28(30(34)38)33-29(37)24-15-16-26(36)39-24/h1-14,24,27-28,32H,15-19H2,(H,31,35)(H,33,37)/t24-,27-,28+/m0/s1. The van der Waals surface area contributed by atoms with Crippen LogP contribution in [0.25, 0.3) is 0 Å². The number of carbonyl (C=O) groups is 4. The maximum absolute atomic E-state index is 14.1. The van der Waals surface area contributed by atoms with Gasteiger partial charge in [0.1, 0.15) is 12.6 Å². The molecule has 0 aromatic heterocycles. The molecule has 5 rings (SSSR count). The summed E-state index contributed by atoms with van der Waals surface area (Å²) in [6, 6.07) is 24.7. The first-order chi connectivity index (χ1) is 19.0. The van der Waals surface area contributed by atoms with Gasteiger partial charge in [-0.15, -0.1) is 0 Å². The molecule has 3 aromatic rings. The smallest absolute Gasteiger partial charge is 0.306 e. The van der Waals surface area contributed by atoms with Crippen molar-refractivity contribution in [3.63, 3.8) is 0 Å². The topological polar surface area (TPSA) is 117 Å². The molecule has 0 saturated carbocycles. The van der Waals surface area contributed by atoms with Gasteiger partial charge in [-0.2, -0.15) is 0 Å². The van der Waals surface area contributed by atoms with E-state index in [4.69, 9.17) is 4.74 Å². The summed E-state index contributed by atoms with van der Waals surface area (Å²) in [4.78, 5) is 53.3. The van der Waals surface area contributed by atoms with Crippen LogP contribution in [0.1, 0.15) is 30.0 Å². The molecule has 3 aromatic carbocycles. The lowest BCUT2D eigenvalue weighted by molar-refractivity contribution is -0.148. The van der Waals surface area contributed by atoms with E-state index < -0.39 is 36.0 Å². The number of ether oxygens (including phenoxy) is 1. The molecular formula is C30H30N4O5. The van der Waals surface area contributed by atoms with Gasteiger partial charge in [-0.1, -0.05) is 72.8 Å². The third-order valence-electron chi connectivity index (χ3n) is 6.88. The summed E-state index contributed by atoms with van der Waals surface area (Å²) in [6.45, 7) is 0.198. The highest BCUT2D eigenvalue weighted by Gasteiger charge is 2.41. The fourth-order valence-electron chi connectivity index (χ4n) is 4.90. The molecule has 3 atom stereocenters. The number of esters is 1. The van der Waals surface area contributed by atoms with E-state index >= 15 is 0 Å². The van der Waals surface area contributed by atoms with Crippen molar-refractivity contribution >= 4 is 35.1 Å². The Bertz CT molecular complexity index is 1350. The Morgan fingerprint density at radius 1 is 0.923 bits per heavy atom. The van der Waals surface area contributed by atoms with Gasteiger partial charge in [0.2, 0.25) is 5.91 Å². The van der Waals surface area contributed by atoms with E-state index in [9.17, 15) is 19.2 Å². The second-order valence-electron chi connectivity index (χ2n) is 9.56. The molecule has 0 radical (unpaired) electrons. The normalized spacial score (nSPS) is 20.3. The fraction of sp³-hybridized carbons (Fsp3) is 0.267. The summed E-state index contributed by atoms with van der Waals surface area (Å²) in [7, 11) is 0. The zero-order valence-corrected chi connectivity index (χ0v) is 21.3. The quantitative estimate of drug-likeness (QED) is 0.389. The van der Waals surface area contributed by atoms with Gasteiger partial charge in [0.15, 0.2) is 6.10 Å². The number of carbonyl (C=O) groups excluding carboxylic acids is 4. The highest BCUT2D eigenvalue weighted by atomic mass is 16.6. The van der Waals surface area contributed by atoms with Crippen molar-refractivity contribution < 1.29 is 23.9 Å². The van der Waals surface area contributed by atoms with Crippen LogP contribution in [-0.4, -0.2) is 48.9 Å². The van der Waals surface area contributed by atoms with Crippen LogP contribution in [0.3, 0.4) is 0 Å². The van der Waals surface area contributed by atoms with E-state index in [0.29, 0.717) is 24.3 Å². The fourth-order valence-corrected chi connectivity index (χ4v) is 4.90. The van der Waals surface area contributed by atoms with Crippen molar-refractivity contribution in [1.82, 2.24) is 10.6 Å². The molecule has 1 saturated heterocycles. The van der Waals surface area contributed by atoms with E-state index in [1.807, 2.05) is 72.8 Å². The van der Waals surface area contributed by atoms with Crippen LogP contribution in [0, 0.1) is 0 Å². The molecule has 2 aliphatic heterocycles. The molecule has 0 aliphatic carbocycles. The number of para-hydroxylation sites is 2. The highest BCUT2D eigenvalue weighted by molar-refractivity contribution is 6.07. The molecule has 9 nitrogen and oxygen atoms in total. The lowest BCUT2D eigenvalue weighted by Crippen LogP contribution is -2.55. The van der Waals surface area contributed by atoms with E-state index in [1.54, 1.807) is 12.1 Å². The van der Waals surface area contributed by atoms with Crippen molar-refractivity contribution in [2.75, 3.05) is 23.3 Å². The van der Waals surface area contributed by atoms with Gasteiger partial charge in [0, 0.05) is 19.4 Å². The van der Waals surface area contributed by atoms with Crippen LogP contribution in [0.15, 0.2) is 84.9 Å². The third kappa shape index (κ3) is 6.09. The van der Waals surface area contributed by atoms with Gasteiger partial charge in [-0.25, -0.2) is 0 Å². The second kappa shape index (κ2) is 11.8. The van der Waals surface area contributed by atoms with Crippen LogP contribution < -0.4 is 20.9 Å². The number of nitrogens with one attached hydrogen (secondary N) is 3. The monoisotopic (exact) mass is 526 g/mol. The van der Waals surface area contributed by atoms with E-state index in [0.717, 1.165) is 11.1 Å². The molecular weight excluding hydrogens is 496 g/mol. The summed E-state index contributed by atoms with van der Waals surface area (Å²) in [5.41, 5.74) is 3.06.